The van der Waals surface area contributed by atoms with Crippen LogP contribution in [-0.2, 0) is 17.8 Å². The Balaban J connectivity index is 1.94. The van der Waals surface area contributed by atoms with Crippen LogP contribution in [0.2, 0.25) is 0 Å². The first-order chi connectivity index (χ1) is 9.54. The molecule has 2 rings (SSSR count). The van der Waals surface area contributed by atoms with Crippen molar-refractivity contribution in [2.75, 3.05) is 7.05 Å². The second kappa shape index (κ2) is 6.62. The first-order valence-corrected chi connectivity index (χ1v) is 7.07. The monoisotopic (exact) mass is 285 g/mol. The molecule has 20 heavy (non-hydrogen) atoms. The maximum Gasteiger partial charge on any atom is 0.227 e. The van der Waals surface area contributed by atoms with Gasteiger partial charge in [-0.1, -0.05) is 42.0 Å². The lowest BCUT2D eigenvalue weighted by molar-refractivity contribution is -0.129. The van der Waals surface area contributed by atoms with Crippen LogP contribution in [0, 0.1) is 6.92 Å². The zero-order valence-corrected chi connectivity index (χ0v) is 12.7. The largest absolute Gasteiger partial charge is 0.341 e. The highest BCUT2D eigenvalue weighted by Crippen LogP contribution is 2.11. The molecule has 0 heterocycles. The van der Waals surface area contributed by atoms with E-state index in [1.165, 1.54) is 5.56 Å². The lowest BCUT2D eigenvalue weighted by Crippen LogP contribution is -2.27. The van der Waals surface area contributed by atoms with Gasteiger partial charge in [0.1, 0.15) is 0 Å². The van der Waals surface area contributed by atoms with Gasteiger partial charge < -0.3 is 4.90 Å². The van der Waals surface area contributed by atoms with Gasteiger partial charge in [-0.25, -0.2) is 0 Å². The number of rotatable bonds is 4. The van der Waals surface area contributed by atoms with E-state index in [0.29, 0.717) is 13.0 Å². The minimum atomic E-state index is 0.123. The normalized spacial score (nSPS) is 10.3. The average molecular weight is 285 g/mol. The minimum Gasteiger partial charge on any atom is -0.341 e. The zero-order chi connectivity index (χ0) is 14.5. The summed E-state index contributed by atoms with van der Waals surface area (Å²) in [5.74, 6) is 0.123. The standard InChI is InChI=1S/C17H19NOS/c1-13-3-5-15(6-4-13)12-18(2)17(19)11-14-7-9-16(20)10-8-14/h3-10,20H,11-12H2,1-2H3. The van der Waals surface area contributed by atoms with Crippen LogP contribution in [0.3, 0.4) is 0 Å². The highest BCUT2D eigenvalue weighted by Gasteiger charge is 2.10. The summed E-state index contributed by atoms with van der Waals surface area (Å²) >= 11 is 4.24. The molecule has 2 nitrogen and oxygen atoms in total. The number of nitrogens with zero attached hydrogens (tertiary/aromatic N) is 1. The molecule has 0 bridgehead atoms. The summed E-state index contributed by atoms with van der Waals surface area (Å²) < 4.78 is 0. The maximum absolute atomic E-state index is 12.2. The summed E-state index contributed by atoms with van der Waals surface area (Å²) in [4.78, 5) is 14.8. The predicted octanol–water partition coefficient (Wildman–Crippen LogP) is 3.48. The highest BCUT2D eigenvalue weighted by molar-refractivity contribution is 7.80. The Bertz CT molecular complexity index is 575. The number of thiol groups is 1. The molecule has 0 radical (unpaired) electrons. The third-order valence-electron chi connectivity index (χ3n) is 3.26. The Morgan fingerprint density at radius 1 is 1.00 bits per heavy atom. The Hall–Kier alpha value is -1.74. The Kier molecular flexibility index (Phi) is 4.85. The van der Waals surface area contributed by atoms with E-state index in [9.17, 15) is 4.79 Å². The van der Waals surface area contributed by atoms with E-state index >= 15 is 0 Å². The van der Waals surface area contributed by atoms with E-state index in [1.54, 1.807) is 4.90 Å². The summed E-state index contributed by atoms with van der Waals surface area (Å²) in [6.45, 7) is 2.70. The summed E-state index contributed by atoms with van der Waals surface area (Å²) in [5, 5.41) is 0. The molecular weight excluding hydrogens is 266 g/mol. The van der Waals surface area contributed by atoms with Gasteiger partial charge in [0.15, 0.2) is 0 Å². The number of carbonyl (C=O) groups is 1. The van der Waals surface area contributed by atoms with Gasteiger partial charge in [-0.05, 0) is 30.2 Å². The van der Waals surface area contributed by atoms with Crippen LogP contribution in [0.1, 0.15) is 16.7 Å². The van der Waals surface area contributed by atoms with Crippen molar-refractivity contribution in [3.8, 4) is 0 Å². The zero-order valence-electron chi connectivity index (χ0n) is 11.8. The minimum absolute atomic E-state index is 0.123. The van der Waals surface area contributed by atoms with Gasteiger partial charge in [0.25, 0.3) is 0 Å². The lowest BCUT2D eigenvalue weighted by atomic mass is 10.1. The molecular formula is C17H19NOS. The highest BCUT2D eigenvalue weighted by atomic mass is 32.1. The van der Waals surface area contributed by atoms with Gasteiger partial charge >= 0.3 is 0 Å². The molecule has 0 fully saturated rings. The van der Waals surface area contributed by atoms with Crippen LogP contribution in [0.25, 0.3) is 0 Å². The molecule has 0 aliphatic heterocycles. The molecule has 104 valence electrons. The van der Waals surface area contributed by atoms with E-state index in [-0.39, 0.29) is 5.91 Å². The first-order valence-electron chi connectivity index (χ1n) is 6.62. The number of carbonyl (C=O) groups excluding carboxylic acids is 1. The van der Waals surface area contributed by atoms with E-state index in [2.05, 4.69) is 43.8 Å². The Morgan fingerprint density at radius 3 is 2.15 bits per heavy atom. The summed E-state index contributed by atoms with van der Waals surface area (Å²) in [6.07, 6.45) is 0.427. The third-order valence-corrected chi connectivity index (χ3v) is 3.56. The molecule has 0 unspecified atom stereocenters. The SMILES string of the molecule is Cc1ccc(CN(C)C(=O)Cc2ccc(S)cc2)cc1. The van der Waals surface area contributed by atoms with Crippen molar-refractivity contribution in [3.63, 3.8) is 0 Å². The van der Waals surface area contributed by atoms with Crippen LogP contribution in [0.4, 0.5) is 0 Å². The molecule has 2 aromatic carbocycles. The third kappa shape index (κ3) is 4.14. The fourth-order valence-electron chi connectivity index (χ4n) is 1.98. The molecule has 2 aromatic rings. The van der Waals surface area contributed by atoms with E-state index in [0.717, 1.165) is 16.0 Å². The van der Waals surface area contributed by atoms with Crippen molar-refractivity contribution in [1.82, 2.24) is 4.90 Å². The Morgan fingerprint density at radius 2 is 1.55 bits per heavy atom. The molecule has 0 spiro atoms. The number of hydrogen-bond donors (Lipinski definition) is 1. The molecule has 0 saturated heterocycles. The number of amides is 1. The topological polar surface area (TPSA) is 20.3 Å². The van der Waals surface area contributed by atoms with Gasteiger partial charge in [0, 0.05) is 18.5 Å². The molecule has 0 aliphatic carbocycles. The van der Waals surface area contributed by atoms with Crippen molar-refractivity contribution in [2.24, 2.45) is 0 Å². The van der Waals surface area contributed by atoms with Crippen LogP contribution >= 0.6 is 12.6 Å². The molecule has 0 atom stereocenters. The lowest BCUT2D eigenvalue weighted by Gasteiger charge is -2.17. The van der Waals surface area contributed by atoms with Crippen molar-refractivity contribution < 1.29 is 4.79 Å². The second-order valence-electron chi connectivity index (χ2n) is 5.08. The van der Waals surface area contributed by atoms with Crippen molar-refractivity contribution >= 4 is 18.5 Å². The van der Waals surface area contributed by atoms with E-state index < -0.39 is 0 Å². The Labute approximate surface area is 125 Å². The van der Waals surface area contributed by atoms with E-state index in [4.69, 9.17) is 0 Å². The van der Waals surface area contributed by atoms with Crippen LogP contribution < -0.4 is 0 Å². The van der Waals surface area contributed by atoms with Crippen LogP contribution in [-0.4, -0.2) is 17.9 Å². The molecule has 0 N–H and O–H groups in total. The van der Waals surface area contributed by atoms with Gasteiger partial charge in [0.05, 0.1) is 6.42 Å². The molecule has 0 aliphatic rings. The molecule has 0 saturated carbocycles. The van der Waals surface area contributed by atoms with Crippen LogP contribution in [0.15, 0.2) is 53.4 Å². The quantitative estimate of drug-likeness (QED) is 0.853. The molecule has 0 aromatic heterocycles. The predicted molar refractivity (Wildman–Crippen MR) is 85.1 cm³/mol. The fourth-order valence-corrected chi connectivity index (χ4v) is 2.13. The second-order valence-corrected chi connectivity index (χ2v) is 5.60. The van der Waals surface area contributed by atoms with E-state index in [1.807, 2.05) is 31.3 Å². The van der Waals surface area contributed by atoms with Crippen LogP contribution in [0.5, 0.6) is 0 Å². The molecule has 1 amide bonds. The van der Waals surface area contributed by atoms with Crippen molar-refractivity contribution in [1.29, 1.82) is 0 Å². The molecule has 3 heteroatoms. The smallest absolute Gasteiger partial charge is 0.227 e. The van der Waals surface area contributed by atoms with Gasteiger partial charge in [-0.15, -0.1) is 12.6 Å². The summed E-state index contributed by atoms with van der Waals surface area (Å²) in [6, 6.07) is 16.0. The number of likely N-dealkylation sites (N-methyl/N-ethyl adjacent to an activating group) is 1. The fraction of sp³-hybridized carbons (Fsp3) is 0.235. The number of hydrogen-bond acceptors (Lipinski definition) is 2. The average Bonchev–Trinajstić information content (AvgIpc) is 2.44. The first kappa shape index (κ1) is 14.7. The summed E-state index contributed by atoms with van der Waals surface area (Å²) in [7, 11) is 1.84. The van der Waals surface area contributed by atoms with Gasteiger partial charge in [0.2, 0.25) is 5.91 Å². The van der Waals surface area contributed by atoms with Gasteiger partial charge in [-0.2, -0.15) is 0 Å². The van der Waals surface area contributed by atoms with Gasteiger partial charge in [-0.3, -0.25) is 4.79 Å². The number of benzene rings is 2. The summed E-state index contributed by atoms with van der Waals surface area (Å²) in [5.41, 5.74) is 3.40. The number of aryl methyl sites for hydroxylation is 1. The van der Waals surface area contributed by atoms with Crippen molar-refractivity contribution in [3.05, 3.63) is 65.2 Å². The maximum atomic E-state index is 12.2. The van der Waals surface area contributed by atoms with Crippen molar-refractivity contribution in [2.45, 2.75) is 24.8 Å².